The number of nitrogens with zero attached hydrogens (tertiary/aromatic N) is 1. The molecule has 2 heterocycles. The third-order valence-electron chi connectivity index (χ3n) is 3.01. The van der Waals surface area contributed by atoms with E-state index in [1.807, 2.05) is 7.05 Å². The van der Waals surface area contributed by atoms with Gasteiger partial charge in [-0.2, -0.15) is 0 Å². The molecule has 0 aliphatic carbocycles. The standard InChI is InChI=1S/C14H19BrN2S2/c1-14(2,3)11-8-19-12(17-11)7-10(16-4)13-9(15)5-6-18-13/h5-6,8,10,16H,7H2,1-4H3. The molecule has 0 fully saturated rings. The zero-order valence-corrected chi connectivity index (χ0v) is 14.9. The van der Waals surface area contributed by atoms with Crippen molar-refractivity contribution in [2.24, 2.45) is 0 Å². The van der Waals surface area contributed by atoms with Gasteiger partial charge in [0, 0.05) is 32.6 Å². The number of thiophene rings is 1. The molecule has 0 amide bonds. The van der Waals surface area contributed by atoms with Gasteiger partial charge in [0.15, 0.2) is 0 Å². The van der Waals surface area contributed by atoms with E-state index in [0.717, 1.165) is 6.42 Å². The Morgan fingerprint density at radius 2 is 2.11 bits per heavy atom. The van der Waals surface area contributed by atoms with Gasteiger partial charge in [-0.3, -0.25) is 0 Å². The fraction of sp³-hybridized carbons (Fsp3) is 0.500. The summed E-state index contributed by atoms with van der Waals surface area (Å²) in [5.74, 6) is 0. The van der Waals surface area contributed by atoms with Crippen molar-refractivity contribution < 1.29 is 0 Å². The highest BCUT2D eigenvalue weighted by Crippen LogP contribution is 2.32. The van der Waals surface area contributed by atoms with E-state index >= 15 is 0 Å². The lowest BCUT2D eigenvalue weighted by atomic mass is 9.93. The van der Waals surface area contributed by atoms with Crippen LogP contribution in [0.5, 0.6) is 0 Å². The van der Waals surface area contributed by atoms with E-state index < -0.39 is 0 Å². The summed E-state index contributed by atoms with van der Waals surface area (Å²) in [6.07, 6.45) is 0.941. The maximum atomic E-state index is 4.78. The van der Waals surface area contributed by atoms with Crippen molar-refractivity contribution in [2.75, 3.05) is 7.05 Å². The Hall–Kier alpha value is -0.230. The van der Waals surface area contributed by atoms with Crippen molar-refractivity contribution >= 4 is 38.6 Å². The van der Waals surface area contributed by atoms with E-state index in [2.05, 4.69) is 58.8 Å². The van der Waals surface area contributed by atoms with Crippen molar-refractivity contribution in [3.63, 3.8) is 0 Å². The number of nitrogens with one attached hydrogen (secondary N) is 1. The van der Waals surface area contributed by atoms with Crippen LogP contribution >= 0.6 is 38.6 Å². The van der Waals surface area contributed by atoms with Crippen molar-refractivity contribution in [2.45, 2.75) is 38.6 Å². The molecule has 0 aliphatic rings. The van der Waals surface area contributed by atoms with E-state index in [1.54, 1.807) is 22.7 Å². The summed E-state index contributed by atoms with van der Waals surface area (Å²) in [4.78, 5) is 6.12. The summed E-state index contributed by atoms with van der Waals surface area (Å²) in [6, 6.07) is 2.43. The van der Waals surface area contributed by atoms with Gasteiger partial charge in [0.2, 0.25) is 0 Å². The Morgan fingerprint density at radius 1 is 1.37 bits per heavy atom. The highest BCUT2D eigenvalue weighted by molar-refractivity contribution is 9.10. The van der Waals surface area contributed by atoms with E-state index in [0.29, 0.717) is 6.04 Å². The molecular weight excluding hydrogens is 340 g/mol. The molecule has 1 unspecified atom stereocenters. The second-order valence-corrected chi connectivity index (χ2v) is 8.30. The van der Waals surface area contributed by atoms with Crippen LogP contribution in [-0.2, 0) is 11.8 Å². The maximum Gasteiger partial charge on any atom is 0.0947 e. The van der Waals surface area contributed by atoms with Crippen LogP contribution in [0.15, 0.2) is 21.3 Å². The predicted octanol–water partition coefficient (Wildman–Crippen LogP) is 4.77. The Kier molecular flexibility index (Phi) is 4.82. The molecule has 1 atom stereocenters. The minimum Gasteiger partial charge on any atom is -0.312 e. The summed E-state index contributed by atoms with van der Waals surface area (Å²) < 4.78 is 1.18. The van der Waals surface area contributed by atoms with Gasteiger partial charge in [-0.05, 0) is 34.4 Å². The van der Waals surface area contributed by atoms with Crippen LogP contribution in [-0.4, -0.2) is 12.0 Å². The van der Waals surface area contributed by atoms with Crippen LogP contribution in [0.2, 0.25) is 0 Å². The molecule has 0 aromatic carbocycles. The van der Waals surface area contributed by atoms with E-state index in [9.17, 15) is 0 Å². The zero-order valence-electron chi connectivity index (χ0n) is 11.7. The van der Waals surface area contributed by atoms with Crippen molar-refractivity contribution in [1.82, 2.24) is 10.3 Å². The molecule has 0 bridgehead atoms. The minimum atomic E-state index is 0.132. The summed E-state index contributed by atoms with van der Waals surface area (Å²) in [5.41, 5.74) is 1.32. The van der Waals surface area contributed by atoms with Gasteiger partial charge in [-0.1, -0.05) is 20.8 Å². The molecule has 0 spiro atoms. The first kappa shape index (κ1) is 15.2. The third kappa shape index (κ3) is 3.66. The molecule has 0 radical (unpaired) electrons. The summed E-state index contributed by atoms with van der Waals surface area (Å²) in [5, 5.41) is 8.89. The molecule has 19 heavy (non-hydrogen) atoms. The van der Waals surface area contributed by atoms with Gasteiger partial charge >= 0.3 is 0 Å². The first-order valence-electron chi connectivity index (χ1n) is 6.27. The van der Waals surface area contributed by atoms with Crippen LogP contribution in [0.1, 0.15) is 42.4 Å². The minimum absolute atomic E-state index is 0.132. The monoisotopic (exact) mass is 358 g/mol. The summed E-state index contributed by atoms with van der Waals surface area (Å²) >= 11 is 7.15. The smallest absolute Gasteiger partial charge is 0.0947 e. The van der Waals surface area contributed by atoms with E-state index in [4.69, 9.17) is 4.98 Å². The van der Waals surface area contributed by atoms with Crippen molar-refractivity contribution in [3.8, 4) is 0 Å². The summed E-state index contributed by atoms with van der Waals surface area (Å²) in [6.45, 7) is 6.62. The third-order valence-corrected chi connectivity index (χ3v) is 5.86. The Bertz CT molecular complexity index is 540. The molecule has 2 nitrogen and oxygen atoms in total. The number of rotatable bonds is 4. The Morgan fingerprint density at radius 3 is 2.58 bits per heavy atom. The first-order valence-corrected chi connectivity index (χ1v) is 8.82. The average Bonchev–Trinajstić information content (AvgIpc) is 2.94. The van der Waals surface area contributed by atoms with Crippen molar-refractivity contribution in [3.05, 3.63) is 36.9 Å². The molecule has 2 rings (SSSR count). The molecular formula is C14H19BrN2S2. The lowest BCUT2D eigenvalue weighted by molar-refractivity contribution is 0.562. The second kappa shape index (κ2) is 6.04. The number of thiazole rings is 1. The number of hydrogen-bond acceptors (Lipinski definition) is 4. The molecule has 0 aliphatic heterocycles. The van der Waals surface area contributed by atoms with Crippen LogP contribution in [0.3, 0.4) is 0 Å². The predicted molar refractivity (Wildman–Crippen MR) is 88.3 cm³/mol. The zero-order chi connectivity index (χ0) is 14.0. The van der Waals surface area contributed by atoms with Crippen LogP contribution in [0.25, 0.3) is 0 Å². The van der Waals surface area contributed by atoms with Gasteiger partial charge in [0.1, 0.15) is 0 Å². The van der Waals surface area contributed by atoms with Gasteiger partial charge in [-0.25, -0.2) is 4.98 Å². The molecule has 0 saturated heterocycles. The molecule has 5 heteroatoms. The summed E-state index contributed by atoms with van der Waals surface area (Å²) in [7, 11) is 2.01. The number of hydrogen-bond donors (Lipinski definition) is 1. The lowest BCUT2D eigenvalue weighted by Gasteiger charge is -2.15. The molecule has 1 N–H and O–H groups in total. The topological polar surface area (TPSA) is 24.9 Å². The quantitative estimate of drug-likeness (QED) is 0.851. The largest absolute Gasteiger partial charge is 0.312 e. The molecule has 2 aromatic heterocycles. The first-order chi connectivity index (χ1) is 8.91. The van der Waals surface area contributed by atoms with Crippen molar-refractivity contribution in [1.29, 1.82) is 0 Å². The van der Waals surface area contributed by atoms with Gasteiger partial charge < -0.3 is 5.32 Å². The molecule has 104 valence electrons. The SMILES string of the molecule is CNC(Cc1nc(C(C)(C)C)cs1)c1sccc1Br. The van der Waals surface area contributed by atoms with Gasteiger partial charge in [0.05, 0.1) is 10.7 Å². The van der Waals surface area contributed by atoms with Gasteiger partial charge in [-0.15, -0.1) is 22.7 Å². The normalized spacial score (nSPS) is 13.7. The maximum absolute atomic E-state index is 4.78. The fourth-order valence-electron chi connectivity index (χ4n) is 1.80. The van der Waals surface area contributed by atoms with Crippen LogP contribution < -0.4 is 5.32 Å². The highest BCUT2D eigenvalue weighted by Gasteiger charge is 2.20. The Balaban J connectivity index is 2.16. The second-order valence-electron chi connectivity index (χ2n) is 5.55. The van der Waals surface area contributed by atoms with Crippen LogP contribution in [0, 0.1) is 0 Å². The number of halogens is 1. The lowest BCUT2D eigenvalue weighted by Crippen LogP contribution is -2.18. The van der Waals surface area contributed by atoms with Gasteiger partial charge in [0.25, 0.3) is 0 Å². The van der Waals surface area contributed by atoms with E-state index in [-0.39, 0.29) is 5.41 Å². The molecule has 0 saturated carbocycles. The molecule has 2 aromatic rings. The number of aromatic nitrogens is 1. The van der Waals surface area contributed by atoms with E-state index in [1.165, 1.54) is 20.1 Å². The average molecular weight is 359 g/mol. The highest BCUT2D eigenvalue weighted by atomic mass is 79.9. The fourth-order valence-corrected chi connectivity index (χ4v) is 4.63. The van der Waals surface area contributed by atoms with Crippen LogP contribution in [0.4, 0.5) is 0 Å². The number of likely N-dealkylation sites (N-methyl/N-ethyl adjacent to an activating group) is 1. The Labute approximate surface area is 131 Å².